The van der Waals surface area contributed by atoms with Crippen molar-refractivity contribution in [2.75, 3.05) is 18.0 Å². The van der Waals surface area contributed by atoms with Crippen LogP contribution in [0, 0.1) is 11.8 Å². The highest BCUT2D eigenvalue weighted by Crippen LogP contribution is 2.40. The molecule has 1 saturated carbocycles. The van der Waals surface area contributed by atoms with E-state index < -0.39 is 0 Å². The molecule has 0 spiro atoms. The van der Waals surface area contributed by atoms with Gasteiger partial charge in [0.25, 0.3) is 0 Å². The Morgan fingerprint density at radius 3 is 3.05 bits per heavy atom. The van der Waals surface area contributed by atoms with Crippen molar-refractivity contribution in [3.8, 4) is 0 Å². The number of anilines is 1. The lowest BCUT2D eigenvalue weighted by Crippen LogP contribution is -2.42. The third kappa shape index (κ3) is 3.17. The fourth-order valence-corrected chi connectivity index (χ4v) is 4.65. The topological polar surface area (TPSA) is 28.2 Å². The molecule has 20 heavy (non-hydrogen) atoms. The lowest BCUT2D eigenvalue weighted by atomic mass is 9.92. The van der Waals surface area contributed by atoms with Gasteiger partial charge in [-0.1, -0.05) is 20.3 Å². The minimum Gasteiger partial charge on any atom is -0.345 e. The molecule has 2 atom stereocenters. The van der Waals surface area contributed by atoms with Crippen LogP contribution in [0.1, 0.15) is 50.8 Å². The summed E-state index contributed by atoms with van der Waals surface area (Å²) < 4.78 is 0. The Balaban J connectivity index is 1.61. The SMILES string of the molecule is CC(C)CNCc1cnc(N2CCCC3CCCC32)s1. The Hall–Kier alpha value is -0.610. The first-order valence-electron chi connectivity index (χ1n) is 8.16. The number of nitrogens with zero attached hydrogens (tertiary/aromatic N) is 2. The number of rotatable bonds is 5. The molecule has 112 valence electrons. The fraction of sp³-hybridized carbons (Fsp3) is 0.812. The summed E-state index contributed by atoms with van der Waals surface area (Å²) in [5.41, 5.74) is 0. The molecule has 3 nitrogen and oxygen atoms in total. The minimum atomic E-state index is 0.712. The second-order valence-corrected chi connectivity index (χ2v) is 7.82. The van der Waals surface area contributed by atoms with E-state index in [1.165, 1.54) is 48.7 Å². The van der Waals surface area contributed by atoms with Crippen LogP contribution in [0.25, 0.3) is 0 Å². The zero-order chi connectivity index (χ0) is 13.9. The van der Waals surface area contributed by atoms with Gasteiger partial charge in [-0.25, -0.2) is 4.98 Å². The molecule has 4 heteroatoms. The first-order chi connectivity index (χ1) is 9.74. The molecule has 1 aliphatic carbocycles. The fourth-order valence-electron chi connectivity index (χ4n) is 3.69. The smallest absolute Gasteiger partial charge is 0.185 e. The van der Waals surface area contributed by atoms with E-state index >= 15 is 0 Å². The molecule has 2 aliphatic rings. The molecule has 1 aromatic heterocycles. The van der Waals surface area contributed by atoms with Gasteiger partial charge in [-0.15, -0.1) is 11.3 Å². The second-order valence-electron chi connectivity index (χ2n) is 6.73. The lowest BCUT2D eigenvalue weighted by Gasteiger charge is -2.37. The quantitative estimate of drug-likeness (QED) is 0.898. The molecule has 1 aromatic rings. The number of fused-ring (bicyclic) bond motifs is 1. The summed E-state index contributed by atoms with van der Waals surface area (Å²) in [6.45, 7) is 7.77. The van der Waals surface area contributed by atoms with Crippen LogP contribution in [0.2, 0.25) is 0 Å². The average molecular weight is 293 g/mol. The molecular weight excluding hydrogens is 266 g/mol. The molecule has 2 unspecified atom stereocenters. The van der Waals surface area contributed by atoms with Gasteiger partial charge in [0.15, 0.2) is 5.13 Å². The van der Waals surface area contributed by atoms with Gasteiger partial charge >= 0.3 is 0 Å². The van der Waals surface area contributed by atoms with Crippen LogP contribution in [0.4, 0.5) is 5.13 Å². The van der Waals surface area contributed by atoms with Crippen LogP contribution in [0.5, 0.6) is 0 Å². The maximum absolute atomic E-state index is 4.70. The predicted molar refractivity (Wildman–Crippen MR) is 86.4 cm³/mol. The monoisotopic (exact) mass is 293 g/mol. The first kappa shape index (κ1) is 14.3. The molecule has 1 aliphatic heterocycles. The van der Waals surface area contributed by atoms with Gasteiger partial charge in [0.1, 0.15) is 0 Å². The highest BCUT2D eigenvalue weighted by atomic mass is 32.1. The van der Waals surface area contributed by atoms with E-state index in [4.69, 9.17) is 4.98 Å². The Kier molecular flexibility index (Phi) is 4.61. The van der Waals surface area contributed by atoms with Gasteiger partial charge in [0.2, 0.25) is 0 Å². The van der Waals surface area contributed by atoms with E-state index in [9.17, 15) is 0 Å². The highest BCUT2D eigenvalue weighted by molar-refractivity contribution is 7.15. The molecule has 0 aromatic carbocycles. The van der Waals surface area contributed by atoms with Crippen LogP contribution >= 0.6 is 11.3 Å². The van der Waals surface area contributed by atoms with Crippen molar-refractivity contribution >= 4 is 16.5 Å². The lowest BCUT2D eigenvalue weighted by molar-refractivity contribution is 0.362. The predicted octanol–water partition coefficient (Wildman–Crippen LogP) is 3.66. The van der Waals surface area contributed by atoms with Gasteiger partial charge in [0, 0.05) is 30.2 Å². The van der Waals surface area contributed by atoms with Crippen LogP contribution in [0.3, 0.4) is 0 Å². The standard InChI is InChI=1S/C16H27N3S/c1-12(2)9-17-10-14-11-18-16(20-14)19-8-4-6-13-5-3-7-15(13)19/h11-13,15,17H,3-10H2,1-2H3. The van der Waals surface area contributed by atoms with E-state index in [-0.39, 0.29) is 0 Å². The number of piperidine rings is 1. The Bertz CT molecular complexity index is 429. The summed E-state index contributed by atoms with van der Waals surface area (Å²) in [6.07, 6.45) is 9.10. The highest BCUT2D eigenvalue weighted by Gasteiger charge is 2.36. The Labute approximate surface area is 126 Å². The van der Waals surface area contributed by atoms with E-state index in [1.807, 2.05) is 11.3 Å². The van der Waals surface area contributed by atoms with Crippen molar-refractivity contribution in [3.63, 3.8) is 0 Å². The number of thiazole rings is 1. The van der Waals surface area contributed by atoms with Crippen molar-refractivity contribution in [1.29, 1.82) is 0 Å². The van der Waals surface area contributed by atoms with Crippen LogP contribution in [0.15, 0.2) is 6.20 Å². The first-order valence-corrected chi connectivity index (χ1v) is 8.97. The molecule has 2 fully saturated rings. The van der Waals surface area contributed by atoms with Crippen molar-refractivity contribution in [3.05, 3.63) is 11.1 Å². The maximum atomic E-state index is 4.70. The summed E-state index contributed by atoms with van der Waals surface area (Å²) in [5, 5.41) is 4.78. The van der Waals surface area contributed by atoms with E-state index in [0.717, 1.165) is 25.0 Å². The normalized spacial score (nSPS) is 26.2. The van der Waals surface area contributed by atoms with Crippen molar-refractivity contribution < 1.29 is 0 Å². The van der Waals surface area contributed by atoms with Crippen molar-refractivity contribution in [2.45, 2.75) is 58.5 Å². The van der Waals surface area contributed by atoms with Gasteiger partial charge in [0.05, 0.1) is 0 Å². The molecular formula is C16H27N3S. The van der Waals surface area contributed by atoms with E-state index in [1.54, 1.807) is 0 Å². The number of nitrogens with one attached hydrogen (secondary N) is 1. The summed E-state index contributed by atoms with van der Waals surface area (Å²) in [5.74, 6) is 1.65. The summed E-state index contributed by atoms with van der Waals surface area (Å²) in [7, 11) is 0. The Morgan fingerprint density at radius 1 is 1.35 bits per heavy atom. The molecule has 0 amide bonds. The van der Waals surface area contributed by atoms with Gasteiger partial charge in [-0.2, -0.15) is 0 Å². The third-order valence-electron chi connectivity index (χ3n) is 4.63. The second kappa shape index (κ2) is 6.44. The average Bonchev–Trinajstić information content (AvgIpc) is 3.06. The number of hydrogen-bond acceptors (Lipinski definition) is 4. The summed E-state index contributed by atoms with van der Waals surface area (Å²) in [4.78, 5) is 8.69. The summed E-state index contributed by atoms with van der Waals surface area (Å²) in [6, 6.07) is 0.784. The molecule has 0 radical (unpaired) electrons. The number of aromatic nitrogens is 1. The molecule has 2 heterocycles. The van der Waals surface area contributed by atoms with Crippen molar-refractivity contribution in [1.82, 2.24) is 10.3 Å². The van der Waals surface area contributed by atoms with Crippen LogP contribution in [-0.4, -0.2) is 24.1 Å². The van der Waals surface area contributed by atoms with E-state index in [0.29, 0.717) is 5.92 Å². The molecule has 3 rings (SSSR count). The van der Waals surface area contributed by atoms with E-state index in [2.05, 4.69) is 30.3 Å². The minimum absolute atomic E-state index is 0.712. The number of hydrogen-bond donors (Lipinski definition) is 1. The molecule has 1 saturated heterocycles. The summed E-state index contributed by atoms with van der Waals surface area (Å²) >= 11 is 1.89. The van der Waals surface area contributed by atoms with Crippen molar-refractivity contribution in [2.24, 2.45) is 11.8 Å². The molecule has 0 bridgehead atoms. The largest absolute Gasteiger partial charge is 0.345 e. The van der Waals surface area contributed by atoms with Crippen LogP contribution < -0.4 is 10.2 Å². The van der Waals surface area contributed by atoms with Gasteiger partial charge in [-0.05, 0) is 44.1 Å². The zero-order valence-electron chi connectivity index (χ0n) is 12.8. The van der Waals surface area contributed by atoms with Gasteiger partial charge < -0.3 is 10.2 Å². The third-order valence-corrected chi connectivity index (χ3v) is 5.67. The Morgan fingerprint density at radius 2 is 2.20 bits per heavy atom. The maximum Gasteiger partial charge on any atom is 0.185 e. The van der Waals surface area contributed by atoms with Crippen LogP contribution in [-0.2, 0) is 6.54 Å². The van der Waals surface area contributed by atoms with Gasteiger partial charge in [-0.3, -0.25) is 0 Å². The zero-order valence-corrected chi connectivity index (χ0v) is 13.6. The molecule has 1 N–H and O–H groups in total.